The van der Waals surface area contributed by atoms with Crippen LogP contribution in [0.15, 0.2) is 32.9 Å². The van der Waals surface area contributed by atoms with Gasteiger partial charge in [0.2, 0.25) is 11.8 Å². The number of benzene rings is 1. The average molecular weight is 385 g/mol. The van der Waals surface area contributed by atoms with Gasteiger partial charge in [-0.3, -0.25) is 9.59 Å². The second-order valence-corrected chi connectivity index (χ2v) is 8.35. The Labute approximate surface area is 151 Å². The highest BCUT2D eigenvalue weighted by atomic mass is 32.2. The van der Waals surface area contributed by atoms with Gasteiger partial charge in [-0.1, -0.05) is 34.9 Å². The molecule has 0 bridgehead atoms. The number of primary amides is 1. The Balaban J connectivity index is 1.87. The maximum absolute atomic E-state index is 12.2. The lowest BCUT2D eigenvalue weighted by Gasteiger charge is -2.10. The molecule has 0 saturated heterocycles. The van der Waals surface area contributed by atoms with Crippen LogP contribution >= 0.6 is 34.9 Å². The topological polar surface area (TPSA) is 107 Å². The monoisotopic (exact) mass is 384 g/mol. The van der Waals surface area contributed by atoms with Gasteiger partial charge in [0.15, 0.2) is 8.68 Å². The number of thioether (sulfide) groups is 2. The summed E-state index contributed by atoms with van der Waals surface area (Å²) in [5.74, 6) is 0.348. The predicted molar refractivity (Wildman–Crippen MR) is 96.8 cm³/mol. The molecule has 24 heavy (non-hydrogen) atoms. The molecule has 0 aliphatic heterocycles. The number of nitrogens with one attached hydrogen (secondary N) is 1. The molecule has 1 heterocycles. The zero-order valence-corrected chi connectivity index (χ0v) is 15.5. The van der Waals surface area contributed by atoms with E-state index in [1.807, 2.05) is 0 Å². The molecule has 1 aromatic carbocycles. The Morgan fingerprint density at radius 3 is 2.58 bits per heavy atom. The number of hydrogen-bond acceptors (Lipinski definition) is 8. The Bertz CT molecular complexity index is 706. The van der Waals surface area contributed by atoms with Crippen molar-refractivity contribution in [3.8, 4) is 5.75 Å². The van der Waals surface area contributed by atoms with Crippen LogP contribution in [0, 0.1) is 0 Å². The van der Waals surface area contributed by atoms with Gasteiger partial charge in [-0.05, 0) is 31.2 Å². The molecule has 0 unspecified atom stereocenters. The summed E-state index contributed by atoms with van der Waals surface area (Å²) in [6.07, 6.45) is 0. The highest BCUT2D eigenvalue weighted by Crippen LogP contribution is 2.31. The lowest BCUT2D eigenvalue weighted by Crippen LogP contribution is -2.22. The summed E-state index contributed by atoms with van der Waals surface area (Å²) in [7, 11) is 1.59. The van der Waals surface area contributed by atoms with E-state index < -0.39 is 5.91 Å². The molecule has 2 rings (SSSR count). The molecule has 0 spiro atoms. The van der Waals surface area contributed by atoms with Gasteiger partial charge in [0.1, 0.15) is 5.75 Å². The summed E-state index contributed by atoms with van der Waals surface area (Å²) < 4.78 is 6.39. The second kappa shape index (κ2) is 8.90. The molecular formula is C14H16N4O3S3. The first-order valence-electron chi connectivity index (χ1n) is 6.84. The van der Waals surface area contributed by atoms with Gasteiger partial charge in [-0.15, -0.1) is 10.2 Å². The van der Waals surface area contributed by atoms with Crippen molar-refractivity contribution in [2.45, 2.75) is 20.9 Å². The highest BCUT2D eigenvalue weighted by molar-refractivity contribution is 8.04. The number of nitrogens with zero attached hydrogens (tertiary/aromatic N) is 2. The molecule has 1 atom stereocenters. The van der Waals surface area contributed by atoms with E-state index in [-0.39, 0.29) is 16.9 Å². The van der Waals surface area contributed by atoms with Crippen molar-refractivity contribution >= 4 is 52.4 Å². The molecule has 2 aromatic rings. The van der Waals surface area contributed by atoms with Crippen LogP contribution in [-0.2, 0) is 9.59 Å². The number of methoxy groups -OCH3 is 1. The number of amides is 2. The molecule has 0 saturated carbocycles. The Kier molecular flexibility index (Phi) is 6.88. The molecule has 0 radical (unpaired) electrons. The first kappa shape index (κ1) is 18.6. The highest BCUT2D eigenvalue weighted by Gasteiger charge is 2.17. The van der Waals surface area contributed by atoms with Gasteiger partial charge in [0.05, 0.1) is 18.1 Å². The van der Waals surface area contributed by atoms with Gasteiger partial charge >= 0.3 is 0 Å². The molecule has 2 amide bonds. The third-order valence-corrected chi connectivity index (χ3v) is 5.99. The van der Waals surface area contributed by atoms with E-state index in [0.29, 0.717) is 14.4 Å². The third kappa shape index (κ3) is 5.69. The Morgan fingerprint density at radius 2 is 1.96 bits per heavy atom. The zero-order valence-electron chi connectivity index (χ0n) is 13.0. The van der Waals surface area contributed by atoms with Gasteiger partial charge in [0.25, 0.3) is 0 Å². The van der Waals surface area contributed by atoms with Crippen LogP contribution in [0.5, 0.6) is 5.75 Å². The van der Waals surface area contributed by atoms with Crippen LogP contribution in [-0.4, -0.2) is 40.1 Å². The standard InChI is InChI=1S/C14H16N4O3S3/c1-8(12(20)16-9-3-5-10(21-2)6-4-9)23-14-18-17-13(24-14)22-7-11(15)19/h3-6,8H,7H2,1-2H3,(H2,15,19)(H,16,20)/t8-/m0/s1. The summed E-state index contributed by atoms with van der Waals surface area (Å²) in [4.78, 5) is 23.0. The molecule has 0 fully saturated rings. The number of carbonyl (C=O) groups excluding carboxylic acids is 2. The summed E-state index contributed by atoms with van der Waals surface area (Å²) in [5, 5.41) is 10.5. The Hall–Kier alpha value is -1.78. The molecule has 3 N–H and O–H groups in total. The van der Waals surface area contributed by atoms with E-state index in [9.17, 15) is 9.59 Å². The number of aromatic nitrogens is 2. The summed E-state index contributed by atoms with van der Waals surface area (Å²) in [5.41, 5.74) is 5.79. The van der Waals surface area contributed by atoms with Gasteiger partial charge in [0, 0.05) is 5.69 Å². The van der Waals surface area contributed by atoms with Crippen molar-refractivity contribution < 1.29 is 14.3 Å². The quantitative estimate of drug-likeness (QED) is 0.672. The molecule has 1 aromatic heterocycles. The first-order chi connectivity index (χ1) is 11.5. The minimum Gasteiger partial charge on any atom is -0.497 e. The summed E-state index contributed by atoms with van der Waals surface area (Å²) >= 11 is 3.88. The number of hydrogen-bond donors (Lipinski definition) is 2. The van der Waals surface area contributed by atoms with Crippen molar-refractivity contribution in [1.82, 2.24) is 10.2 Å². The first-order valence-corrected chi connectivity index (χ1v) is 9.52. The Morgan fingerprint density at radius 1 is 1.29 bits per heavy atom. The van der Waals surface area contributed by atoms with Gasteiger partial charge in [-0.25, -0.2) is 0 Å². The minimum absolute atomic E-state index is 0.133. The van der Waals surface area contributed by atoms with Crippen molar-refractivity contribution in [1.29, 1.82) is 0 Å². The van der Waals surface area contributed by atoms with Crippen LogP contribution in [0.3, 0.4) is 0 Å². The fourth-order valence-electron chi connectivity index (χ4n) is 1.56. The molecule has 128 valence electrons. The number of ether oxygens (including phenoxy) is 1. The summed E-state index contributed by atoms with van der Waals surface area (Å²) in [6, 6.07) is 7.11. The number of carbonyl (C=O) groups is 2. The van der Waals surface area contributed by atoms with Crippen molar-refractivity contribution in [3.05, 3.63) is 24.3 Å². The lowest BCUT2D eigenvalue weighted by atomic mass is 10.3. The zero-order chi connectivity index (χ0) is 17.5. The number of rotatable bonds is 8. The van der Waals surface area contributed by atoms with Crippen LogP contribution in [0.25, 0.3) is 0 Å². The maximum atomic E-state index is 12.2. The lowest BCUT2D eigenvalue weighted by molar-refractivity contribution is -0.116. The van der Waals surface area contributed by atoms with E-state index in [0.717, 1.165) is 5.75 Å². The molecule has 10 heteroatoms. The maximum Gasteiger partial charge on any atom is 0.237 e. The fraction of sp³-hybridized carbons (Fsp3) is 0.286. The predicted octanol–water partition coefficient (Wildman–Crippen LogP) is 2.24. The molecule has 7 nitrogen and oxygen atoms in total. The normalized spacial score (nSPS) is 11.8. The van der Waals surface area contributed by atoms with Crippen LogP contribution in [0.4, 0.5) is 5.69 Å². The fourth-order valence-corrected chi connectivity index (χ4v) is 4.46. The number of nitrogens with two attached hydrogens (primary N) is 1. The van der Waals surface area contributed by atoms with Gasteiger partial charge in [-0.2, -0.15) is 0 Å². The number of anilines is 1. The van der Waals surface area contributed by atoms with E-state index in [2.05, 4.69) is 15.5 Å². The smallest absolute Gasteiger partial charge is 0.237 e. The van der Waals surface area contributed by atoms with Gasteiger partial charge < -0.3 is 15.8 Å². The van der Waals surface area contributed by atoms with Crippen molar-refractivity contribution in [2.24, 2.45) is 5.73 Å². The average Bonchev–Trinajstić information content (AvgIpc) is 3.01. The largest absolute Gasteiger partial charge is 0.497 e. The van der Waals surface area contributed by atoms with E-state index >= 15 is 0 Å². The minimum atomic E-state index is -0.406. The van der Waals surface area contributed by atoms with E-state index in [1.54, 1.807) is 38.3 Å². The van der Waals surface area contributed by atoms with E-state index in [4.69, 9.17) is 10.5 Å². The SMILES string of the molecule is COc1ccc(NC(=O)[C@H](C)Sc2nnc(SCC(N)=O)s2)cc1. The molecular weight excluding hydrogens is 368 g/mol. The van der Waals surface area contributed by atoms with Crippen molar-refractivity contribution in [2.75, 3.05) is 18.2 Å². The second-order valence-electron chi connectivity index (χ2n) is 4.57. The van der Waals surface area contributed by atoms with Crippen LogP contribution < -0.4 is 15.8 Å². The van der Waals surface area contributed by atoms with Crippen molar-refractivity contribution in [3.63, 3.8) is 0 Å². The van der Waals surface area contributed by atoms with E-state index in [1.165, 1.54) is 34.9 Å². The van der Waals surface area contributed by atoms with Crippen LogP contribution in [0.1, 0.15) is 6.92 Å². The molecule has 0 aliphatic carbocycles. The van der Waals surface area contributed by atoms with Crippen LogP contribution in [0.2, 0.25) is 0 Å². The molecule has 0 aliphatic rings. The third-order valence-electron chi connectivity index (χ3n) is 2.73. The summed E-state index contributed by atoms with van der Waals surface area (Å²) in [6.45, 7) is 1.79.